The largest absolute Gasteiger partial charge is 0.493 e. The molecule has 2 aromatic rings. The summed E-state index contributed by atoms with van der Waals surface area (Å²) in [6, 6.07) is 9.40. The van der Waals surface area contributed by atoms with Crippen LogP contribution in [0.3, 0.4) is 0 Å². The van der Waals surface area contributed by atoms with Crippen molar-refractivity contribution in [2.45, 2.75) is 20.0 Å². The maximum absolute atomic E-state index is 12.4. The van der Waals surface area contributed by atoms with Gasteiger partial charge in [0.05, 0.1) is 17.1 Å². The molecule has 1 heterocycles. The van der Waals surface area contributed by atoms with Crippen molar-refractivity contribution in [1.82, 2.24) is 10.2 Å². The predicted octanol–water partition coefficient (Wildman–Crippen LogP) is 4.04. The Morgan fingerprint density at radius 1 is 1.23 bits per heavy atom. The Balaban J connectivity index is 1.79. The third kappa shape index (κ3) is 5.05. The van der Waals surface area contributed by atoms with Crippen molar-refractivity contribution < 1.29 is 29.0 Å². The molecule has 3 rings (SSSR count). The number of nitrogens with one attached hydrogen (secondary N) is 1. The van der Waals surface area contributed by atoms with Crippen LogP contribution in [0, 0.1) is 0 Å². The summed E-state index contributed by atoms with van der Waals surface area (Å²) in [7, 11) is 1.50. The molecule has 1 aliphatic heterocycles. The normalized spacial score (nSPS) is 14.7. The van der Waals surface area contributed by atoms with Crippen molar-refractivity contribution in [2.24, 2.45) is 0 Å². The van der Waals surface area contributed by atoms with Crippen LogP contribution in [-0.2, 0) is 11.4 Å². The van der Waals surface area contributed by atoms with E-state index in [0.717, 1.165) is 5.56 Å². The van der Waals surface area contributed by atoms with Crippen LogP contribution in [0.15, 0.2) is 46.6 Å². The highest BCUT2D eigenvalue weighted by Gasteiger charge is 2.32. The van der Waals surface area contributed by atoms with Crippen molar-refractivity contribution in [3.05, 3.63) is 63.3 Å². The molecule has 31 heavy (non-hydrogen) atoms. The fourth-order valence-corrected chi connectivity index (χ4v) is 3.60. The lowest BCUT2D eigenvalue weighted by atomic mass is 10.1. The van der Waals surface area contributed by atoms with Crippen LogP contribution in [0.25, 0.3) is 6.08 Å². The Morgan fingerprint density at radius 2 is 1.94 bits per heavy atom. The number of halogens is 1. The van der Waals surface area contributed by atoms with Crippen molar-refractivity contribution in [3.8, 4) is 11.5 Å². The number of carboxylic acids is 1. The number of carbonyl (C=O) groups is 3. The van der Waals surface area contributed by atoms with Gasteiger partial charge in [-0.2, -0.15) is 0 Å². The molecule has 2 N–H and O–H groups in total. The zero-order chi connectivity index (χ0) is 22.5. The zero-order valence-electron chi connectivity index (χ0n) is 17.0. The second kappa shape index (κ2) is 9.65. The van der Waals surface area contributed by atoms with Gasteiger partial charge < -0.3 is 19.9 Å². The summed E-state index contributed by atoms with van der Waals surface area (Å²) in [6.07, 6.45) is 2.26. The van der Waals surface area contributed by atoms with Crippen LogP contribution in [0.2, 0.25) is 0 Å². The van der Waals surface area contributed by atoms with Gasteiger partial charge in [0.15, 0.2) is 11.5 Å². The van der Waals surface area contributed by atoms with E-state index in [1.165, 1.54) is 24.1 Å². The Labute approximate surface area is 187 Å². The standard InChI is InChI=1S/C22H21BrN2O6/c1-3-8-25-20(26)17(24-22(25)29)10-14-9-16(23)19(18(11-14)30-2)31-12-13-4-6-15(7-5-13)21(27)28/h4-7,9-11H,3,8,12H2,1-2H3,(H,24,29)(H,27,28)/b17-10-. The SMILES string of the molecule is CCCN1C(=O)N/C(=C\c2cc(Br)c(OCc3ccc(C(=O)O)cc3)c(OC)c2)C1=O. The second-order valence-electron chi connectivity index (χ2n) is 6.77. The van der Waals surface area contributed by atoms with Gasteiger partial charge >= 0.3 is 12.0 Å². The minimum absolute atomic E-state index is 0.194. The molecule has 0 radical (unpaired) electrons. The van der Waals surface area contributed by atoms with E-state index in [1.807, 2.05) is 6.92 Å². The molecule has 0 aromatic heterocycles. The molecule has 2 aromatic carbocycles. The average molecular weight is 489 g/mol. The molecular weight excluding hydrogens is 468 g/mol. The van der Waals surface area contributed by atoms with Crippen LogP contribution in [0.1, 0.15) is 34.8 Å². The number of carboxylic acid groups (broad SMARTS) is 1. The minimum Gasteiger partial charge on any atom is -0.493 e. The van der Waals surface area contributed by atoms with Gasteiger partial charge in [-0.3, -0.25) is 9.69 Å². The van der Waals surface area contributed by atoms with Crippen molar-refractivity contribution in [3.63, 3.8) is 0 Å². The number of carbonyl (C=O) groups excluding carboxylic acids is 2. The number of aromatic carboxylic acids is 1. The van der Waals surface area contributed by atoms with Gasteiger partial charge in [0.2, 0.25) is 0 Å². The fraction of sp³-hybridized carbons (Fsp3) is 0.227. The van der Waals surface area contributed by atoms with Gasteiger partial charge in [0, 0.05) is 6.54 Å². The van der Waals surface area contributed by atoms with Gasteiger partial charge in [-0.25, -0.2) is 9.59 Å². The minimum atomic E-state index is -0.990. The Morgan fingerprint density at radius 3 is 2.55 bits per heavy atom. The number of amides is 3. The summed E-state index contributed by atoms with van der Waals surface area (Å²) >= 11 is 3.46. The molecule has 0 saturated carbocycles. The van der Waals surface area contributed by atoms with Crippen molar-refractivity contribution in [2.75, 3.05) is 13.7 Å². The predicted molar refractivity (Wildman–Crippen MR) is 117 cm³/mol. The molecule has 3 amide bonds. The number of imide groups is 1. The fourth-order valence-electron chi connectivity index (χ4n) is 3.03. The number of hydrogen-bond donors (Lipinski definition) is 2. The summed E-state index contributed by atoms with van der Waals surface area (Å²) < 4.78 is 11.9. The van der Waals surface area contributed by atoms with E-state index < -0.39 is 12.0 Å². The molecule has 0 unspecified atom stereocenters. The molecule has 8 nitrogen and oxygen atoms in total. The molecule has 1 saturated heterocycles. The summed E-state index contributed by atoms with van der Waals surface area (Å²) in [5.41, 5.74) is 1.83. The van der Waals surface area contributed by atoms with E-state index in [9.17, 15) is 14.4 Å². The monoisotopic (exact) mass is 488 g/mol. The molecule has 0 aliphatic carbocycles. The third-order valence-electron chi connectivity index (χ3n) is 4.56. The Hall–Kier alpha value is -3.33. The van der Waals surface area contributed by atoms with E-state index in [-0.39, 0.29) is 23.8 Å². The molecule has 0 spiro atoms. The van der Waals surface area contributed by atoms with Gasteiger partial charge in [0.25, 0.3) is 5.91 Å². The maximum Gasteiger partial charge on any atom is 0.335 e. The van der Waals surface area contributed by atoms with Crippen LogP contribution >= 0.6 is 15.9 Å². The highest BCUT2D eigenvalue weighted by Crippen LogP contribution is 2.38. The number of hydrogen-bond acceptors (Lipinski definition) is 5. The van der Waals surface area contributed by atoms with E-state index >= 15 is 0 Å². The van der Waals surface area contributed by atoms with Crippen LogP contribution < -0.4 is 14.8 Å². The van der Waals surface area contributed by atoms with Crippen molar-refractivity contribution >= 4 is 39.9 Å². The Kier molecular flexibility index (Phi) is 6.96. The lowest BCUT2D eigenvalue weighted by Gasteiger charge is -2.14. The first kappa shape index (κ1) is 22.4. The number of urea groups is 1. The lowest BCUT2D eigenvalue weighted by Crippen LogP contribution is -2.31. The quantitative estimate of drug-likeness (QED) is 0.429. The number of ether oxygens (including phenoxy) is 2. The first-order valence-electron chi connectivity index (χ1n) is 9.51. The van der Waals surface area contributed by atoms with Gasteiger partial charge in [0.1, 0.15) is 12.3 Å². The molecule has 162 valence electrons. The molecular formula is C22H21BrN2O6. The van der Waals surface area contributed by atoms with Crippen LogP contribution in [-0.4, -0.2) is 41.6 Å². The highest BCUT2D eigenvalue weighted by atomic mass is 79.9. The van der Waals surface area contributed by atoms with Crippen molar-refractivity contribution in [1.29, 1.82) is 0 Å². The summed E-state index contributed by atoms with van der Waals surface area (Å²) in [5.74, 6) is -0.463. The third-order valence-corrected chi connectivity index (χ3v) is 5.15. The number of methoxy groups -OCH3 is 1. The molecule has 9 heteroatoms. The lowest BCUT2D eigenvalue weighted by molar-refractivity contribution is -0.122. The van der Waals surface area contributed by atoms with E-state index in [0.29, 0.717) is 34.5 Å². The molecule has 1 fully saturated rings. The van der Waals surface area contributed by atoms with E-state index in [2.05, 4.69) is 21.2 Å². The number of benzene rings is 2. The maximum atomic E-state index is 12.4. The number of nitrogens with zero attached hydrogens (tertiary/aromatic N) is 1. The summed E-state index contributed by atoms with van der Waals surface area (Å²) in [4.78, 5) is 36.5. The Bertz CT molecular complexity index is 1050. The van der Waals surface area contributed by atoms with Gasteiger partial charge in [-0.1, -0.05) is 19.1 Å². The topological polar surface area (TPSA) is 105 Å². The van der Waals surface area contributed by atoms with E-state index in [4.69, 9.17) is 14.6 Å². The number of rotatable bonds is 8. The smallest absolute Gasteiger partial charge is 0.335 e. The summed E-state index contributed by atoms with van der Waals surface area (Å²) in [5, 5.41) is 11.6. The molecule has 0 bridgehead atoms. The second-order valence-corrected chi connectivity index (χ2v) is 7.62. The van der Waals surface area contributed by atoms with Crippen LogP contribution in [0.5, 0.6) is 11.5 Å². The first-order chi connectivity index (χ1) is 14.8. The molecule has 1 aliphatic rings. The summed E-state index contributed by atoms with van der Waals surface area (Å²) in [6.45, 7) is 2.45. The van der Waals surface area contributed by atoms with Crippen LogP contribution in [0.4, 0.5) is 4.79 Å². The highest BCUT2D eigenvalue weighted by molar-refractivity contribution is 9.10. The van der Waals surface area contributed by atoms with Gasteiger partial charge in [-0.15, -0.1) is 0 Å². The van der Waals surface area contributed by atoms with Gasteiger partial charge in [-0.05, 0) is 63.8 Å². The average Bonchev–Trinajstić information content (AvgIpc) is 3.00. The van der Waals surface area contributed by atoms with E-state index in [1.54, 1.807) is 30.3 Å². The first-order valence-corrected chi connectivity index (χ1v) is 10.3. The zero-order valence-corrected chi connectivity index (χ0v) is 18.6. The molecule has 0 atom stereocenters.